The molecular weight excluding hydrogens is 302 g/mol. The molecule has 1 aliphatic carbocycles. The molecule has 1 fully saturated rings. The lowest BCUT2D eigenvalue weighted by molar-refractivity contribution is -0.168. The number of alkyl carbamates (subject to hydrolysis) is 1. The Morgan fingerprint density at radius 1 is 1.09 bits per heavy atom. The minimum absolute atomic E-state index is 0.226. The summed E-state index contributed by atoms with van der Waals surface area (Å²) < 4.78 is 9.92. The van der Waals surface area contributed by atoms with E-state index in [1.165, 1.54) is 19.3 Å². The van der Waals surface area contributed by atoms with Crippen LogP contribution in [-0.2, 0) is 19.1 Å². The SMILES string of the molecule is CC(=O)O.CC(C)C(=O)O[C@@H](C)OC(=O)NCC1CCCCC1. The first-order valence-corrected chi connectivity index (χ1v) is 8.06. The van der Waals surface area contributed by atoms with Crippen LogP contribution in [0, 0.1) is 11.8 Å². The van der Waals surface area contributed by atoms with Gasteiger partial charge >= 0.3 is 12.1 Å². The second-order valence-electron chi connectivity index (χ2n) is 5.97. The van der Waals surface area contributed by atoms with Crippen molar-refractivity contribution in [2.24, 2.45) is 11.8 Å². The predicted octanol–water partition coefficient (Wildman–Crippen LogP) is 2.93. The van der Waals surface area contributed by atoms with Crippen LogP contribution >= 0.6 is 0 Å². The first-order valence-electron chi connectivity index (χ1n) is 8.06. The van der Waals surface area contributed by atoms with Gasteiger partial charge < -0.3 is 19.9 Å². The lowest BCUT2D eigenvalue weighted by atomic mass is 9.89. The summed E-state index contributed by atoms with van der Waals surface area (Å²) in [5, 5.41) is 10.1. The van der Waals surface area contributed by atoms with Gasteiger partial charge in [0.1, 0.15) is 0 Å². The van der Waals surface area contributed by atoms with Gasteiger partial charge in [-0.3, -0.25) is 9.59 Å². The summed E-state index contributed by atoms with van der Waals surface area (Å²) in [4.78, 5) is 31.8. The zero-order chi connectivity index (χ0) is 17.8. The molecule has 1 aliphatic rings. The molecule has 7 nitrogen and oxygen atoms in total. The Hall–Kier alpha value is -1.79. The Labute approximate surface area is 137 Å². The molecule has 2 N–H and O–H groups in total. The average Bonchev–Trinajstić information content (AvgIpc) is 2.45. The van der Waals surface area contributed by atoms with E-state index in [-0.39, 0.29) is 11.9 Å². The molecule has 7 heteroatoms. The van der Waals surface area contributed by atoms with E-state index in [2.05, 4.69) is 5.32 Å². The quantitative estimate of drug-likeness (QED) is 0.593. The molecule has 1 saturated carbocycles. The number of hydrogen-bond donors (Lipinski definition) is 2. The number of amides is 1. The number of esters is 1. The van der Waals surface area contributed by atoms with Gasteiger partial charge in [-0.1, -0.05) is 33.1 Å². The monoisotopic (exact) mass is 331 g/mol. The molecule has 0 unspecified atom stereocenters. The smallest absolute Gasteiger partial charge is 0.410 e. The van der Waals surface area contributed by atoms with Gasteiger partial charge in [-0.2, -0.15) is 0 Å². The van der Waals surface area contributed by atoms with Crippen molar-refractivity contribution in [3.05, 3.63) is 0 Å². The van der Waals surface area contributed by atoms with Crippen molar-refractivity contribution in [1.29, 1.82) is 0 Å². The van der Waals surface area contributed by atoms with Crippen molar-refractivity contribution in [1.82, 2.24) is 5.32 Å². The minimum Gasteiger partial charge on any atom is -0.481 e. The third kappa shape index (κ3) is 12.4. The highest BCUT2D eigenvalue weighted by Gasteiger charge is 2.18. The second-order valence-corrected chi connectivity index (χ2v) is 5.97. The molecule has 1 atom stereocenters. The summed E-state index contributed by atoms with van der Waals surface area (Å²) in [6, 6.07) is 0. The summed E-state index contributed by atoms with van der Waals surface area (Å²) in [5.41, 5.74) is 0. The minimum atomic E-state index is -0.846. The molecule has 134 valence electrons. The Bertz CT molecular complexity index is 373. The molecule has 23 heavy (non-hydrogen) atoms. The largest absolute Gasteiger partial charge is 0.481 e. The highest BCUT2D eigenvalue weighted by atomic mass is 16.7. The number of rotatable bonds is 5. The molecular formula is C16H29NO6. The van der Waals surface area contributed by atoms with Gasteiger partial charge in [0.05, 0.1) is 5.92 Å². The van der Waals surface area contributed by atoms with Crippen LogP contribution in [0.4, 0.5) is 4.79 Å². The van der Waals surface area contributed by atoms with Crippen molar-refractivity contribution in [2.45, 2.75) is 66.1 Å². The number of carbonyl (C=O) groups excluding carboxylic acids is 2. The number of ether oxygens (including phenoxy) is 2. The maximum atomic E-state index is 11.5. The van der Waals surface area contributed by atoms with E-state index in [1.54, 1.807) is 20.8 Å². The lowest BCUT2D eigenvalue weighted by Gasteiger charge is -2.22. The standard InChI is InChI=1S/C14H25NO4.C2H4O2/c1-10(2)13(16)18-11(3)19-14(17)15-9-12-7-5-4-6-8-12;1-2(3)4/h10-12H,4-9H2,1-3H3,(H,15,17);1H3,(H,3,4)/t11-;/m1./s1. The van der Waals surface area contributed by atoms with Gasteiger partial charge in [-0.15, -0.1) is 0 Å². The Balaban J connectivity index is 0.00000108. The van der Waals surface area contributed by atoms with Crippen LogP contribution in [0.1, 0.15) is 59.8 Å². The topological polar surface area (TPSA) is 102 Å². The Kier molecular flexibility index (Phi) is 10.8. The summed E-state index contributed by atoms with van der Waals surface area (Å²) in [5.74, 6) is -0.876. The predicted molar refractivity (Wildman–Crippen MR) is 84.8 cm³/mol. The molecule has 0 aromatic rings. The fourth-order valence-corrected chi connectivity index (χ4v) is 2.14. The van der Waals surface area contributed by atoms with Gasteiger partial charge in [0.2, 0.25) is 6.29 Å². The first-order chi connectivity index (χ1) is 10.7. The summed E-state index contributed by atoms with van der Waals surface area (Å²) in [7, 11) is 0. The molecule has 0 aromatic carbocycles. The van der Waals surface area contributed by atoms with Crippen LogP contribution in [-0.4, -0.2) is 36.0 Å². The summed E-state index contributed by atoms with van der Waals surface area (Å²) in [6.07, 6.45) is 4.74. The van der Waals surface area contributed by atoms with Crippen molar-refractivity contribution < 1.29 is 29.0 Å². The van der Waals surface area contributed by atoms with Crippen LogP contribution in [0.25, 0.3) is 0 Å². The van der Waals surface area contributed by atoms with Crippen LogP contribution < -0.4 is 5.32 Å². The fourth-order valence-electron chi connectivity index (χ4n) is 2.14. The molecule has 0 heterocycles. The molecule has 0 bridgehead atoms. The molecule has 0 saturated heterocycles. The van der Waals surface area contributed by atoms with Crippen molar-refractivity contribution >= 4 is 18.0 Å². The van der Waals surface area contributed by atoms with Crippen LogP contribution in [0.3, 0.4) is 0 Å². The van der Waals surface area contributed by atoms with Crippen molar-refractivity contribution in [2.75, 3.05) is 6.54 Å². The first kappa shape index (κ1) is 21.2. The zero-order valence-electron chi connectivity index (χ0n) is 14.5. The van der Waals surface area contributed by atoms with E-state index in [0.717, 1.165) is 19.8 Å². The molecule has 1 rings (SSSR count). The number of nitrogens with one attached hydrogen (secondary N) is 1. The van der Waals surface area contributed by atoms with Gasteiger partial charge in [0, 0.05) is 20.4 Å². The third-order valence-corrected chi connectivity index (χ3v) is 3.29. The Morgan fingerprint density at radius 2 is 1.61 bits per heavy atom. The van der Waals surface area contributed by atoms with Crippen LogP contribution in [0.15, 0.2) is 0 Å². The highest BCUT2D eigenvalue weighted by Crippen LogP contribution is 2.22. The van der Waals surface area contributed by atoms with Crippen LogP contribution in [0.5, 0.6) is 0 Å². The highest BCUT2D eigenvalue weighted by molar-refractivity contribution is 5.72. The van der Waals surface area contributed by atoms with Crippen molar-refractivity contribution in [3.8, 4) is 0 Å². The Morgan fingerprint density at radius 3 is 2.09 bits per heavy atom. The van der Waals surface area contributed by atoms with Gasteiger partial charge in [-0.05, 0) is 18.8 Å². The van der Waals surface area contributed by atoms with Crippen molar-refractivity contribution in [3.63, 3.8) is 0 Å². The number of aliphatic carboxylic acids is 1. The summed E-state index contributed by atoms with van der Waals surface area (Å²) in [6.45, 7) is 6.74. The molecule has 0 aromatic heterocycles. The number of carbonyl (C=O) groups is 3. The van der Waals surface area contributed by atoms with Gasteiger partial charge in [-0.25, -0.2) is 4.79 Å². The fraction of sp³-hybridized carbons (Fsp3) is 0.812. The van der Waals surface area contributed by atoms with E-state index in [9.17, 15) is 9.59 Å². The molecule has 0 aliphatic heterocycles. The number of hydrogen-bond acceptors (Lipinski definition) is 5. The van der Waals surface area contributed by atoms with E-state index >= 15 is 0 Å². The number of carboxylic acid groups (broad SMARTS) is 1. The molecule has 1 amide bonds. The molecule has 0 spiro atoms. The lowest BCUT2D eigenvalue weighted by Crippen LogP contribution is -2.34. The molecule has 0 radical (unpaired) electrons. The van der Waals surface area contributed by atoms with E-state index < -0.39 is 18.4 Å². The normalized spacial score (nSPS) is 15.9. The maximum Gasteiger partial charge on any atom is 0.410 e. The maximum absolute atomic E-state index is 11.5. The zero-order valence-corrected chi connectivity index (χ0v) is 14.5. The van der Waals surface area contributed by atoms with Gasteiger partial charge in [0.25, 0.3) is 5.97 Å². The number of carboxylic acids is 1. The third-order valence-electron chi connectivity index (χ3n) is 3.29. The van der Waals surface area contributed by atoms with E-state index in [1.807, 2.05) is 0 Å². The summed E-state index contributed by atoms with van der Waals surface area (Å²) >= 11 is 0. The van der Waals surface area contributed by atoms with E-state index in [4.69, 9.17) is 19.4 Å². The second kappa shape index (κ2) is 11.7. The average molecular weight is 331 g/mol. The van der Waals surface area contributed by atoms with Crippen LogP contribution in [0.2, 0.25) is 0 Å². The van der Waals surface area contributed by atoms with Gasteiger partial charge in [0.15, 0.2) is 0 Å². The van der Waals surface area contributed by atoms with E-state index in [0.29, 0.717) is 12.5 Å².